The number of nitrogens with two attached hydrogens (primary N) is 1. The molecule has 0 aliphatic heterocycles. The summed E-state index contributed by atoms with van der Waals surface area (Å²) in [6.45, 7) is 1.74. The van der Waals surface area contributed by atoms with Crippen LogP contribution in [0.15, 0.2) is 6.07 Å². The molecule has 0 aliphatic rings. The van der Waals surface area contributed by atoms with Crippen LogP contribution in [0.3, 0.4) is 0 Å². The first kappa shape index (κ1) is 13.6. The maximum Gasteiger partial charge on any atom is 0.338 e. The lowest BCUT2D eigenvalue weighted by molar-refractivity contribution is 0.0524. The van der Waals surface area contributed by atoms with Crippen molar-refractivity contribution >= 4 is 23.4 Å². The highest BCUT2D eigenvalue weighted by Gasteiger charge is 2.22. The first-order valence-electron chi connectivity index (χ1n) is 4.81. The first-order chi connectivity index (χ1) is 8.01. The molecular formula is C10H11ClF2N2O2. The smallest absolute Gasteiger partial charge is 0.338 e. The molecule has 1 aromatic heterocycles. The normalized spacial score (nSPS) is 10.6. The second kappa shape index (κ2) is 5.77. The molecule has 1 rings (SSSR count). The fourth-order valence-corrected chi connectivity index (χ4v) is 1.60. The van der Waals surface area contributed by atoms with Crippen molar-refractivity contribution in [2.75, 3.05) is 12.3 Å². The van der Waals surface area contributed by atoms with Crippen molar-refractivity contribution in [3.63, 3.8) is 0 Å². The predicted octanol–water partition coefficient (Wildman–Crippen LogP) is 2.52. The number of ether oxygens (including phenoxy) is 1. The molecular weight excluding hydrogens is 254 g/mol. The number of carbonyl (C=O) groups is 1. The Labute approximate surface area is 102 Å². The highest BCUT2D eigenvalue weighted by molar-refractivity contribution is 6.17. The van der Waals surface area contributed by atoms with Gasteiger partial charge in [-0.2, -0.15) is 0 Å². The van der Waals surface area contributed by atoms with E-state index in [0.717, 1.165) is 0 Å². The van der Waals surface area contributed by atoms with E-state index in [1.807, 2.05) is 0 Å². The van der Waals surface area contributed by atoms with Crippen LogP contribution in [-0.2, 0) is 10.6 Å². The number of carbonyl (C=O) groups excluding carboxylic acids is 1. The molecule has 0 spiro atoms. The third-order valence-corrected chi connectivity index (χ3v) is 2.28. The Hall–Kier alpha value is -1.43. The SMILES string of the molecule is CCOC(=O)c1cc(N)nc(C(F)F)c1CCl. The van der Waals surface area contributed by atoms with E-state index in [9.17, 15) is 13.6 Å². The van der Waals surface area contributed by atoms with E-state index in [4.69, 9.17) is 22.1 Å². The van der Waals surface area contributed by atoms with Crippen LogP contribution >= 0.6 is 11.6 Å². The van der Waals surface area contributed by atoms with E-state index < -0.39 is 18.1 Å². The van der Waals surface area contributed by atoms with Gasteiger partial charge in [0.1, 0.15) is 11.5 Å². The minimum Gasteiger partial charge on any atom is -0.462 e. The van der Waals surface area contributed by atoms with Gasteiger partial charge in [-0.1, -0.05) is 0 Å². The molecule has 0 bridgehead atoms. The number of aromatic nitrogens is 1. The number of hydrogen-bond donors (Lipinski definition) is 1. The summed E-state index contributed by atoms with van der Waals surface area (Å²) in [4.78, 5) is 15.0. The summed E-state index contributed by atoms with van der Waals surface area (Å²) in [7, 11) is 0. The van der Waals surface area contributed by atoms with Gasteiger partial charge < -0.3 is 10.5 Å². The van der Waals surface area contributed by atoms with Crippen LogP contribution < -0.4 is 5.73 Å². The largest absolute Gasteiger partial charge is 0.462 e. The minimum atomic E-state index is -2.85. The summed E-state index contributed by atoms with van der Waals surface area (Å²) in [5.74, 6) is -1.17. The number of esters is 1. The molecule has 0 aromatic carbocycles. The van der Waals surface area contributed by atoms with E-state index in [1.165, 1.54) is 6.07 Å². The molecule has 0 fully saturated rings. The van der Waals surface area contributed by atoms with Crippen molar-refractivity contribution in [3.05, 3.63) is 22.9 Å². The fraction of sp³-hybridized carbons (Fsp3) is 0.400. The molecule has 4 nitrogen and oxygen atoms in total. The summed E-state index contributed by atoms with van der Waals surface area (Å²) < 4.78 is 30.1. The number of hydrogen-bond acceptors (Lipinski definition) is 4. The van der Waals surface area contributed by atoms with E-state index in [2.05, 4.69) is 4.98 Å². The molecule has 1 aromatic rings. The number of rotatable bonds is 4. The zero-order valence-corrected chi connectivity index (χ0v) is 9.80. The molecule has 17 heavy (non-hydrogen) atoms. The summed E-state index contributed by atoms with van der Waals surface area (Å²) >= 11 is 5.56. The summed E-state index contributed by atoms with van der Waals surface area (Å²) in [5, 5.41) is 0. The molecule has 1 heterocycles. The zero-order chi connectivity index (χ0) is 13.0. The second-order valence-electron chi connectivity index (χ2n) is 3.11. The third kappa shape index (κ3) is 3.03. The molecule has 94 valence electrons. The number of anilines is 1. The molecule has 0 amide bonds. The van der Waals surface area contributed by atoms with Gasteiger partial charge in [0.25, 0.3) is 6.43 Å². The highest BCUT2D eigenvalue weighted by Crippen LogP contribution is 2.27. The lowest BCUT2D eigenvalue weighted by Crippen LogP contribution is -2.12. The van der Waals surface area contributed by atoms with Gasteiger partial charge in [0, 0.05) is 5.56 Å². The first-order valence-corrected chi connectivity index (χ1v) is 5.35. The number of nitrogens with zero attached hydrogens (tertiary/aromatic N) is 1. The van der Waals surface area contributed by atoms with Crippen LogP contribution in [0, 0.1) is 0 Å². The molecule has 0 radical (unpaired) electrons. The van der Waals surface area contributed by atoms with Crippen LogP contribution in [0.1, 0.15) is 35.0 Å². The third-order valence-electron chi connectivity index (χ3n) is 2.01. The molecule has 7 heteroatoms. The van der Waals surface area contributed by atoms with Gasteiger partial charge >= 0.3 is 5.97 Å². The van der Waals surface area contributed by atoms with Crippen LogP contribution in [0.5, 0.6) is 0 Å². The van der Waals surface area contributed by atoms with Crippen molar-refractivity contribution in [2.24, 2.45) is 0 Å². The zero-order valence-electron chi connectivity index (χ0n) is 9.04. The number of nitrogen functional groups attached to an aromatic ring is 1. The lowest BCUT2D eigenvalue weighted by atomic mass is 10.1. The van der Waals surface area contributed by atoms with Crippen molar-refractivity contribution < 1.29 is 18.3 Å². The number of halogens is 3. The Kier molecular flexibility index (Phi) is 4.62. The Balaban J connectivity index is 3.32. The predicted molar refractivity (Wildman–Crippen MR) is 59.1 cm³/mol. The maximum absolute atomic E-state index is 12.7. The lowest BCUT2D eigenvalue weighted by Gasteiger charge is -2.11. The summed E-state index contributed by atoms with van der Waals surface area (Å²) in [6, 6.07) is 1.18. The van der Waals surface area contributed by atoms with Gasteiger partial charge in [-0.15, -0.1) is 11.6 Å². The molecule has 0 unspecified atom stereocenters. The average molecular weight is 265 g/mol. The quantitative estimate of drug-likeness (QED) is 0.670. The topological polar surface area (TPSA) is 65.2 Å². The van der Waals surface area contributed by atoms with Crippen molar-refractivity contribution in [2.45, 2.75) is 19.2 Å². The number of alkyl halides is 3. The van der Waals surface area contributed by atoms with Crippen LogP contribution in [0.4, 0.5) is 14.6 Å². The number of pyridine rings is 1. The molecule has 0 atom stereocenters. The second-order valence-corrected chi connectivity index (χ2v) is 3.38. The highest BCUT2D eigenvalue weighted by atomic mass is 35.5. The Morgan fingerprint density at radius 2 is 2.29 bits per heavy atom. The van der Waals surface area contributed by atoms with Gasteiger partial charge in [0.2, 0.25) is 0 Å². The minimum absolute atomic E-state index is 0.0469. The summed E-state index contributed by atoms with van der Waals surface area (Å²) in [5.41, 5.74) is 4.67. The molecule has 2 N–H and O–H groups in total. The maximum atomic E-state index is 12.7. The van der Waals surface area contributed by atoms with E-state index in [1.54, 1.807) is 6.92 Å². The van der Waals surface area contributed by atoms with Gasteiger partial charge in [-0.25, -0.2) is 18.6 Å². The fourth-order valence-electron chi connectivity index (χ4n) is 1.32. The van der Waals surface area contributed by atoms with Gasteiger partial charge in [0.15, 0.2) is 0 Å². The Bertz CT molecular complexity index is 427. The Morgan fingerprint density at radius 1 is 1.65 bits per heavy atom. The van der Waals surface area contributed by atoms with Crippen molar-refractivity contribution in [3.8, 4) is 0 Å². The average Bonchev–Trinajstić information content (AvgIpc) is 2.28. The molecule has 0 aliphatic carbocycles. The summed E-state index contributed by atoms with van der Waals surface area (Å²) in [6.07, 6.45) is -2.85. The van der Waals surface area contributed by atoms with Crippen molar-refractivity contribution in [1.29, 1.82) is 0 Å². The molecule has 0 saturated heterocycles. The standard InChI is InChI=1S/C10H11ClF2N2O2/c1-2-17-10(16)5-3-7(14)15-8(9(12)13)6(5)4-11/h3,9H,2,4H2,1H3,(H2,14,15). The van der Waals surface area contributed by atoms with E-state index in [-0.39, 0.29) is 29.4 Å². The van der Waals surface area contributed by atoms with Gasteiger partial charge in [-0.3, -0.25) is 0 Å². The Morgan fingerprint density at radius 3 is 2.76 bits per heavy atom. The van der Waals surface area contributed by atoms with Crippen LogP contribution in [0.25, 0.3) is 0 Å². The van der Waals surface area contributed by atoms with Crippen LogP contribution in [-0.4, -0.2) is 17.6 Å². The van der Waals surface area contributed by atoms with Crippen molar-refractivity contribution in [1.82, 2.24) is 4.98 Å². The van der Waals surface area contributed by atoms with Crippen LogP contribution in [0.2, 0.25) is 0 Å². The van der Waals surface area contributed by atoms with E-state index >= 15 is 0 Å². The monoisotopic (exact) mass is 264 g/mol. The van der Waals surface area contributed by atoms with Gasteiger partial charge in [0.05, 0.1) is 18.1 Å². The van der Waals surface area contributed by atoms with Gasteiger partial charge in [-0.05, 0) is 13.0 Å². The molecule has 0 saturated carbocycles. The van der Waals surface area contributed by atoms with E-state index in [0.29, 0.717) is 0 Å².